The van der Waals surface area contributed by atoms with Gasteiger partial charge in [0.25, 0.3) is 5.91 Å². The molecule has 2 N–H and O–H groups in total. The zero-order valence-electron chi connectivity index (χ0n) is 14.7. The lowest BCUT2D eigenvalue weighted by Crippen LogP contribution is -2.32. The van der Waals surface area contributed by atoms with E-state index in [9.17, 15) is 4.79 Å². The smallest absolute Gasteiger partial charge is 0.272 e. The molecule has 1 fully saturated rings. The first-order valence-electron chi connectivity index (χ1n) is 9.22. The summed E-state index contributed by atoms with van der Waals surface area (Å²) in [6, 6.07) is 7.87. The molecule has 7 nitrogen and oxygen atoms in total. The molecule has 1 aromatic heterocycles. The van der Waals surface area contributed by atoms with Crippen molar-refractivity contribution >= 4 is 5.91 Å². The Morgan fingerprint density at radius 3 is 2.96 bits per heavy atom. The number of carbonyl (C=O) groups excluding carboxylic acids is 1. The highest BCUT2D eigenvalue weighted by Gasteiger charge is 2.18. The summed E-state index contributed by atoms with van der Waals surface area (Å²) in [6.45, 7) is 3.70. The van der Waals surface area contributed by atoms with Crippen LogP contribution in [0, 0.1) is 0 Å². The molecule has 0 saturated carbocycles. The molecule has 7 heteroatoms. The Hall–Kier alpha value is -2.54. The van der Waals surface area contributed by atoms with Crippen molar-refractivity contribution in [1.82, 2.24) is 20.4 Å². The minimum atomic E-state index is -0.167. The lowest BCUT2D eigenvalue weighted by atomic mass is 10.1. The molecule has 2 aromatic rings. The second-order valence-electron chi connectivity index (χ2n) is 6.70. The molecule has 3 heterocycles. The summed E-state index contributed by atoms with van der Waals surface area (Å²) in [5, 5.41) is 10.7. The van der Waals surface area contributed by atoms with Crippen molar-refractivity contribution < 1.29 is 14.3 Å². The number of piperidine rings is 1. The zero-order chi connectivity index (χ0) is 17.8. The Balaban J connectivity index is 1.36. The molecule has 0 spiro atoms. The lowest BCUT2D eigenvalue weighted by molar-refractivity contribution is 0.0944. The number of nitrogens with zero attached hydrogens (tertiary/aromatic N) is 2. The fourth-order valence-corrected chi connectivity index (χ4v) is 3.31. The van der Waals surface area contributed by atoms with Gasteiger partial charge in [0.2, 0.25) is 0 Å². The molecule has 1 aromatic carbocycles. The molecule has 0 bridgehead atoms. The highest BCUT2D eigenvalue weighted by Crippen LogP contribution is 2.30. The highest BCUT2D eigenvalue weighted by molar-refractivity contribution is 5.92. The summed E-state index contributed by atoms with van der Waals surface area (Å²) in [5.74, 6) is 1.33. The Kier molecular flexibility index (Phi) is 5.06. The van der Waals surface area contributed by atoms with Gasteiger partial charge in [-0.15, -0.1) is 0 Å². The minimum Gasteiger partial charge on any atom is -0.490 e. The van der Waals surface area contributed by atoms with Gasteiger partial charge in [-0.3, -0.25) is 9.48 Å². The molecular weight excluding hydrogens is 332 g/mol. The Bertz CT molecular complexity index is 768. The number of nitrogens with one attached hydrogen (secondary N) is 2. The van der Waals surface area contributed by atoms with Crippen LogP contribution in [0.15, 0.2) is 30.5 Å². The Morgan fingerprint density at radius 2 is 2.12 bits per heavy atom. The predicted octanol–water partition coefficient (Wildman–Crippen LogP) is 1.90. The Morgan fingerprint density at radius 1 is 1.23 bits per heavy atom. The van der Waals surface area contributed by atoms with Gasteiger partial charge >= 0.3 is 0 Å². The molecule has 4 rings (SSSR count). The van der Waals surface area contributed by atoms with E-state index in [4.69, 9.17) is 9.47 Å². The number of aromatic nitrogens is 2. The largest absolute Gasteiger partial charge is 0.490 e. The third-order valence-corrected chi connectivity index (χ3v) is 4.75. The van der Waals surface area contributed by atoms with Crippen LogP contribution >= 0.6 is 0 Å². The van der Waals surface area contributed by atoms with Gasteiger partial charge < -0.3 is 20.1 Å². The Labute approximate surface area is 152 Å². The SMILES string of the molecule is O=C(NCc1ccc2c(c1)OCCCO2)c1ccn(C2CCCNC2)n1. The number of carbonyl (C=O) groups is 1. The monoisotopic (exact) mass is 356 g/mol. The minimum absolute atomic E-state index is 0.167. The molecule has 0 radical (unpaired) electrons. The highest BCUT2D eigenvalue weighted by atomic mass is 16.5. The summed E-state index contributed by atoms with van der Waals surface area (Å²) < 4.78 is 13.2. The van der Waals surface area contributed by atoms with Crippen LogP contribution in [0.1, 0.15) is 41.4 Å². The first kappa shape index (κ1) is 16.9. The maximum absolute atomic E-state index is 12.4. The van der Waals surface area contributed by atoms with E-state index in [2.05, 4.69) is 15.7 Å². The average Bonchev–Trinajstić information content (AvgIpc) is 3.06. The molecule has 26 heavy (non-hydrogen) atoms. The van der Waals surface area contributed by atoms with Crippen LogP contribution in [0.2, 0.25) is 0 Å². The fourth-order valence-electron chi connectivity index (χ4n) is 3.31. The molecule has 138 valence electrons. The summed E-state index contributed by atoms with van der Waals surface area (Å²) in [7, 11) is 0. The third-order valence-electron chi connectivity index (χ3n) is 4.75. The van der Waals surface area contributed by atoms with Gasteiger partial charge in [-0.1, -0.05) is 6.07 Å². The van der Waals surface area contributed by atoms with Crippen molar-refractivity contribution in [3.05, 3.63) is 41.7 Å². The van der Waals surface area contributed by atoms with Gasteiger partial charge in [0.05, 0.1) is 19.3 Å². The van der Waals surface area contributed by atoms with E-state index in [0.717, 1.165) is 49.4 Å². The topological polar surface area (TPSA) is 77.4 Å². The number of fused-ring (bicyclic) bond motifs is 1. The second-order valence-corrected chi connectivity index (χ2v) is 6.70. The molecule has 1 atom stereocenters. The first-order valence-corrected chi connectivity index (χ1v) is 9.22. The van der Waals surface area contributed by atoms with E-state index in [0.29, 0.717) is 31.5 Å². The van der Waals surface area contributed by atoms with Gasteiger partial charge in [0.1, 0.15) is 5.69 Å². The summed E-state index contributed by atoms with van der Waals surface area (Å²) >= 11 is 0. The van der Waals surface area contributed by atoms with Crippen molar-refractivity contribution in [2.24, 2.45) is 0 Å². The lowest BCUT2D eigenvalue weighted by Gasteiger charge is -2.22. The van der Waals surface area contributed by atoms with Gasteiger partial charge in [0, 0.05) is 25.7 Å². The van der Waals surface area contributed by atoms with E-state index >= 15 is 0 Å². The second kappa shape index (κ2) is 7.78. The maximum Gasteiger partial charge on any atom is 0.272 e. The van der Waals surface area contributed by atoms with Crippen LogP contribution in [-0.2, 0) is 6.54 Å². The quantitative estimate of drug-likeness (QED) is 0.875. The number of ether oxygens (including phenoxy) is 2. The van der Waals surface area contributed by atoms with E-state index < -0.39 is 0 Å². The normalized spacial score (nSPS) is 19.6. The van der Waals surface area contributed by atoms with Crippen molar-refractivity contribution in [3.8, 4) is 11.5 Å². The number of benzene rings is 1. The van der Waals surface area contributed by atoms with Crippen molar-refractivity contribution in [2.75, 3.05) is 26.3 Å². The van der Waals surface area contributed by atoms with Gasteiger partial charge in [0.15, 0.2) is 11.5 Å². The number of rotatable bonds is 4. The standard InChI is InChI=1S/C19H24N4O3/c24-19(16-6-8-23(22-16)15-3-1-7-20-13-15)21-12-14-4-5-17-18(11-14)26-10-2-9-25-17/h4-6,8,11,15,20H,1-3,7,9-10,12-13H2,(H,21,24). The van der Waals surface area contributed by atoms with E-state index in [1.165, 1.54) is 0 Å². The molecule has 2 aliphatic heterocycles. The van der Waals surface area contributed by atoms with Crippen molar-refractivity contribution in [3.63, 3.8) is 0 Å². The van der Waals surface area contributed by atoms with E-state index in [-0.39, 0.29) is 5.91 Å². The van der Waals surface area contributed by atoms with E-state index in [1.54, 1.807) is 6.07 Å². The van der Waals surface area contributed by atoms with Gasteiger partial charge in [-0.05, 0) is 43.1 Å². The summed E-state index contributed by atoms with van der Waals surface area (Å²) in [6.07, 6.45) is 4.99. The molecule has 1 amide bonds. The van der Waals surface area contributed by atoms with Crippen molar-refractivity contribution in [1.29, 1.82) is 0 Å². The van der Waals surface area contributed by atoms with E-state index in [1.807, 2.05) is 29.1 Å². The fraction of sp³-hybridized carbons (Fsp3) is 0.474. The molecule has 0 aliphatic carbocycles. The molecular formula is C19H24N4O3. The van der Waals surface area contributed by atoms with Gasteiger partial charge in [-0.25, -0.2) is 0 Å². The summed E-state index contributed by atoms with van der Waals surface area (Å²) in [5.41, 5.74) is 1.42. The maximum atomic E-state index is 12.4. The van der Waals surface area contributed by atoms with Gasteiger partial charge in [-0.2, -0.15) is 5.10 Å². The number of hydrogen-bond acceptors (Lipinski definition) is 5. The van der Waals surface area contributed by atoms with Crippen LogP contribution in [0.5, 0.6) is 11.5 Å². The van der Waals surface area contributed by atoms with Crippen LogP contribution in [0.25, 0.3) is 0 Å². The van der Waals surface area contributed by atoms with Crippen LogP contribution in [-0.4, -0.2) is 42.0 Å². The van der Waals surface area contributed by atoms with Crippen molar-refractivity contribution in [2.45, 2.75) is 31.8 Å². The molecule has 1 unspecified atom stereocenters. The summed E-state index contributed by atoms with van der Waals surface area (Å²) in [4.78, 5) is 12.4. The number of amides is 1. The third kappa shape index (κ3) is 3.83. The van der Waals surface area contributed by atoms with Crippen LogP contribution in [0.4, 0.5) is 0 Å². The van der Waals surface area contributed by atoms with Crippen LogP contribution in [0.3, 0.4) is 0 Å². The average molecular weight is 356 g/mol. The first-order chi connectivity index (χ1) is 12.8. The molecule has 2 aliphatic rings. The van der Waals surface area contributed by atoms with Crippen LogP contribution < -0.4 is 20.1 Å². The predicted molar refractivity (Wildman–Crippen MR) is 96.6 cm³/mol. The zero-order valence-corrected chi connectivity index (χ0v) is 14.7. The molecule has 1 saturated heterocycles. The number of hydrogen-bond donors (Lipinski definition) is 2.